The summed E-state index contributed by atoms with van der Waals surface area (Å²) in [6.45, 7) is 0. The maximum absolute atomic E-state index is 7.64. The Morgan fingerprint density at radius 1 is 0.246 bits per heavy atom. The number of nitrogens with zero attached hydrogens (tertiary/aromatic N) is 2. The molecular weight excluding hydrogens is 793 g/mol. The zero-order valence-electron chi connectivity index (χ0n) is 35.5. The molecule has 0 saturated carbocycles. The van der Waals surface area contributed by atoms with Gasteiger partial charge in [0.15, 0.2) is 11.5 Å². The van der Waals surface area contributed by atoms with Gasteiger partial charge in [0.2, 0.25) is 0 Å². The monoisotopic (exact) mass is 834 g/mol. The minimum Gasteiger partial charge on any atom is -0.415 e. The van der Waals surface area contributed by atoms with Crippen LogP contribution in [-0.4, -0.2) is 6.03 Å². The van der Waals surface area contributed by atoms with Crippen LogP contribution in [0.2, 0.25) is 0 Å². The molecule has 2 heterocycles. The van der Waals surface area contributed by atoms with E-state index in [0.29, 0.717) is 11.5 Å². The summed E-state index contributed by atoms with van der Waals surface area (Å²) in [4.78, 5) is 4.52. The number of benzene rings is 10. The van der Waals surface area contributed by atoms with Gasteiger partial charge in [0.25, 0.3) is 0 Å². The van der Waals surface area contributed by atoms with Gasteiger partial charge in [-0.25, -0.2) is 9.80 Å². The predicted octanol–water partition coefficient (Wildman–Crippen LogP) is 16.1. The molecule has 4 nitrogen and oxygen atoms in total. The van der Waals surface area contributed by atoms with E-state index < -0.39 is 6.03 Å². The first-order valence-electron chi connectivity index (χ1n) is 22.1. The second kappa shape index (κ2) is 15.9. The Bertz CT molecular complexity index is 3080. The van der Waals surface area contributed by atoms with Crippen molar-refractivity contribution in [2.45, 2.75) is 6.03 Å². The van der Waals surface area contributed by atoms with Crippen molar-refractivity contribution in [2.24, 2.45) is 0 Å². The summed E-state index contributed by atoms with van der Waals surface area (Å²) in [7, 11) is 0. The lowest BCUT2D eigenvalue weighted by Gasteiger charge is -2.40. The van der Waals surface area contributed by atoms with E-state index in [1.165, 1.54) is 0 Å². The van der Waals surface area contributed by atoms with Gasteiger partial charge in [0.05, 0.1) is 22.7 Å². The van der Waals surface area contributed by atoms with Gasteiger partial charge in [-0.05, 0) is 115 Å². The van der Waals surface area contributed by atoms with Gasteiger partial charge in [-0.15, -0.1) is 0 Å². The highest BCUT2D eigenvalue weighted by molar-refractivity contribution is 5.95. The van der Waals surface area contributed by atoms with Crippen molar-refractivity contribution in [3.63, 3.8) is 0 Å². The molecule has 10 aromatic rings. The Morgan fingerprint density at radius 2 is 0.523 bits per heavy atom. The molecule has 0 unspecified atom stereocenters. The summed E-state index contributed by atoms with van der Waals surface area (Å²) >= 11 is 0. The van der Waals surface area contributed by atoms with Gasteiger partial charge in [-0.2, -0.15) is 0 Å². The van der Waals surface area contributed by atoms with Crippen LogP contribution in [-0.2, 0) is 0 Å². The standard InChI is InChI=1S/C61H42N2O2/c1-7-21-43(22-8-1)49-33-19-35-51(37-49)62-57-39-53(45-25-11-3-12-26-45)55(47-29-15-5-16-30-47)41-59(57)64-61(62)63(52-36-20-34-50(38-52)44-23-9-2-10-24-44)58-40-54(46-27-13-4-14-28-46)56(42-60(58)65-61)48-31-17-6-18-32-48/h1-42H. The lowest BCUT2D eigenvalue weighted by atomic mass is 9.93. The van der Waals surface area contributed by atoms with Crippen LogP contribution in [0, 0.1) is 0 Å². The molecule has 1 spiro atoms. The molecule has 65 heavy (non-hydrogen) atoms. The van der Waals surface area contributed by atoms with Crippen molar-refractivity contribution in [1.82, 2.24) is 0 Å². The topological polar surface area (TPSA) is 24.9 Å². The summed E-state index contributed by atoms with van der Waals surface area (Å²) in [5.41, 5.74) is 16.7. The van der Waals surface area contributed by atoms with Gasteiger partial charge in [-0.1, -0.05) is 206 Å². The molecule has 0 N–H and O–H groups in total. The molecule has 0 fully saturated rings. The third-order valence-electron chi connectivity index (χ3n) is 12.5. The third kappa shape index (κ3) is 6.71. The molecule has 0 aromatic heterocycles. The van der Waals surface area contributed by atoms with E-state index in [9.17, 15) is 0 Å². The number of ether oxygens (including phenoxy) is 2. The molecule has 12 rings (SSSR count). The number of anilines is 4. The third-order valence-corrected chi connectivity index (χ3v) is 12.5. The predicted molar refractivity (Wildman–Crippen MR) is 267 cm³/mol. The van der Waals surface area contributed by atoms with Crippen molar-refractivity contribution < 1.29 is 9.47 Å². The van der Waals surface area contributed by atoms with E-state index in [1.54, 1.807) is 0 Å². The summed E-state index contributed by atoms with van der Waals surface area (Å²) in [6.07, 6.45) is 0. The average Bonchev–Trinajstić information content (AvgIpc) is 3.88. The molecule has 2 aliphatic heterocycles. The lowest BCUT2D eigenvalue weighted by molar-refractivity contribution is -0.0720. The molecule has 0 amide bonds. The van der Waals surface area contributed by atoms with Crippen molar-refractivity contribution in [2.75, 3.05) is 9.80 Å². The minimum atomic E-state index is -1.55. The Balaban J connectivity index is 1.15. The highest BCUT2D eigenvalue weighted by Crippen LogP contribution is 2.60. The molecule has 308 valence electrons. The van der Waals surface area contributed by atoms with Crippen LogP contribution in [0.15, 0.2) is 255 Å². The van der Waals surface area contributed by atoms with E-state index in [-0.39, 0.29) is 0 Å². The van der Waals surface area contributed by atoms with Crippen LogP contribution in [0.4, 0.5) is 22.7 Å². The quantitative estimate of drug-likeness (QED) is 0.152. The summed E-state index contributed by atoms with van der Waals surface area (Å²) in [5, 5.41) is 0. The zero-order valence-corrected chi connectivity index (χ0v) is 35.5. The number of fused-ring (bicyclic) bond motifs is 2. The minimum absolute atomic E-state index is 0.706. The van der Waals surface area contributed by atoms with Crippen LogP contribution in [0.5, 0.6) is 11.5 Å². The largest absolute Gasteiger partial charge is 0.444 e. The average molecular weight is 835 g/mol. The van der Waals surface area contributed by atoms with E-state index in [4.69, 9.17) is 9.47 Å². The molecular formula is C61H42N2O2. The lowest BCUT2D eigenvalue weighted by Crippen LogP contribution is -2.60. The fourth-order valence-corrected chi connectivity index (χ4v) is 9.49. The Kier molecular flexibility index (Phi) is 9.35. The van der Waals surface area contributed by atoms with E-state index in [2.05, 4.69) is 265 Å². The first kappa shape index (κ1) is 38.1. The van der Waals surface area contributed by atoms with Crippen molar-refractivity contribution in [1.29, 1.82) is 0 Å². The summed E-state index contributed by atoms with van der Waals surface area (Å²) < 4.78 is 15.3. The van der Waals surface area contributed by atoms with Crippen LogP contribution in [0.25, 0.3) is 66.8 Å². The Hall–Kier alpha value is -8.60. The Morgan fingerprint density at radius 3 is 0.846 bits per heavy atom. The molecule has 0 atom stereocenters. The smallest absolute Gasteiger partial charge is 0.415 e. The highest BCUT2D eigenvalue weighted by atomic mass is 16.8. The van der Waals surface area contributed by atoms with Crippen LogP contribution in [0.3, 0.4) is 0 Å². The molecule has 0 radical (unpaired) electrons. The molecule has 10 aromatic carbocycles. The van der Waals surface area contributed by atoms with Gasteiger partial charge in [0, 0.05) is 0 Å². The van der Waals surface area contributed by atoms with Crippen molar-refractivity contribution >= 4 is 22.7 Å². The van der Waals surface area contributed by atoms with Crippen molar-refractivity contribution in [3.05, 3.63) is 255 Å². The summed E-state index contributed by atoms with van der Waals surface area (Å²) in [6, 6.07) is 88.3. The normalized spacial score (nSPS) is 13.2. The van der Waals surface area contributed by atoms with E-state index in [1.807, 2.05) is 0 Å². The molecule has 0 bridgehead atoms. The SMILES string of the molecule is c1ccc(-c2cccc(N3c4cc(-c5ccccc5)c(-c5ccccc5)cc4OC34Oc3cc(-c5ccccc5)c(-c5ccccc5)cc3N4c3cccc(-c4ccccc4)c3)c2)cc1. The molecule has 0 aliphatic carbocycles. The fraction of sp³-hybridized carbons (Fsp3) is 0.0164. The second-order valence-corrected chi connectivity index (χ2v) is 16.5. The fourth-order valence-electron chi connectivity index (χ4n) is 9.49. The van der Waals surface area contributed by atoms with Crippen molar-refractivity contribution in [3.8, 4) is 78.3 Å². The first-order valence-corrected chi connectivity index (χ1v) is 22.1. The molecule has 0 saturated heterocycles. The second-order valence-electron chi connectivity index (χ2n) is 16.5. The highest BCUT2D eigenvalue weighted by Gasteiger charge is 2.61. The number of hydrogen-bond donors (Lipinski definition) is 0. The van der Waals surface area contributed by atoms with Gasteiger partial charge >= 0.3 is 6.03 Å². The first-order chi connectivity index (χ1) is 32.2. The number of hydrogen-bond acceptors (Lipinski definition) is 4. The van der Waals surface area contributed by atoms with Gasteiger partial charge < -0.3 is 9.47 Å². The van der Waals surface area contributed by atoms with Crippen LogP contribution < -0.4 is 19.3 Å². The maximum Gasteiger partial charge on any atom is 0.444 e. The van der Waals surface area contributed by atoms with Crippen LogP contribution >= 0.6 is 0 Å². The summed E-state index contributed by atoms with van der Waals surface area (Å²) in [5.74, 6) is 1.41. The van der Waals surface area contributed by atoms with Gasteiger partial charge in [-0.3, -0.25) is 0 Å². The van der Waals surface area contributed by atoms with Gasteiger partial charge in [0.1, 0.15) is 0 Å². The Labute approximate surface area is 379 Å². The molecule has 2 aliphatic rings. The molecule has 4 heteroatoms. The van der Waals surface area contributed by atoms with E-state index >= 15 is 0 Å². The van der Waals surface area contributed by atoms with E-state index in [0.717, 1.165) is 89.5 Å². The number of rotatable bonds is 8. The van der Waals surface area contributed by atoms with Crippen LogP contribution in [0.1, 0.15) is 0 Å². The zero-order chi connectivity index (χ0) is 43.2. The maximum atomic E-state index is 7.64.